The largest absolute Gasteiger partial charge is 0.384 e. The van der Waals surface area contributed by atoms with E-state index in [4.69, 9.17) is 11.6 Å². The number of rotatable bonds is 4. The standard InChI is InChI=1S/C26H33ClN2O2/c1-18-6-4-7-21(16-18)28-23-9-5-8-22(23)24(30)29-15-14-26(31,25(2,3)17-29)19-10-12-20(27)13-11-19/h4,6-7,10-13,16,22-23,28,31H,5,8-9,14-15,17H2,1-3H3/t22-,23+,26?/m0/s1. The van der Waals surface area contributed by atoms with Gasteiger partial charge in [0.25, 0.3) is 0 Å². The van der Waals surface area contributed by atoms with Crippen LogP contribution in [0.25, 0.3) is 0 Å². The van der Waals surface area contributed by atoms with Crippen LogP contribution in [0.4, 0.5) is 5.69 Å². The Morgan fingerprint density at radius 3 is 2.58 bits per heavy atom. The molecule has 4 rings (SSSR count). The lowest BCUT2D eigenvalue weighted by Gasteiger charge is -2.51. The summed E-state index contributed by atoms with van der Waals surface area (Å²) in [6.45, 7) is 7.30. The van der Waals surface area contributed by atoms with Gasteiger partial charge >= 0.3 is 0 Å². The van der Waals surface area contributed by atoms with Crippen molar-refractivity contribution in [1.82, 2.24) is 4.90 Å². The minimum absolute atomic E-state index is 0.0157. The first kappa shape index (κ1) is 22.2. The maximum absolute atomic E-state index is 13.5. The van der Waals surface area contributed by atoms with Gasteiger partial charge in [0.05, 0.1) is 11.5 Å². The number of anilines is 1. The number of piperidine rings is 1. The quantitative estimate of drug-likeness (QED) is 0.671. The number of amides is 1. The fourth-order valence-corrected chi connectivity index (χ4v) is 5.51. The van der Waals surface area contributed by atoms with Crippen molar-refractivity contribution in [1.29, 1.82) is 0 Å². The first-order valence-corrected chi connectivity index (χ1v) is 11.7. The third kappa shape index (κ3) is 4.33. The monoisotopic (exact) mass is 440 g/mol. The predicted molar refractivity (Wildman–Crippen MR) is 126 cm³/mol. The minimum Gasteiger partial charge on any atom is -0.384 e. The molecule has 2 aromatic rings. The van der Waals surface area contributed by atoms with Gasteiger partial charge in [-0.05, 0) is 61.6 Å². The van der Waals surface area contributed by atoms with Crippen LogP contribution in [0, 0.1) is 18.3 Å². The number of nitrogens with zero attached hydrogens (tertiary/aromatic N) is 1. The molecule has 4 nitrogen and oxygen atoms in total. The van der Waals surface area contributed by atoms with Gasteiger partial charge in [-0.25, -0.2) is 0 Å². The van der Waals surface area contributed by atoms with Crippen LogP contribution in [-0.4, -0.2) is 35.0 Å². The molecule has 5 heteroatoms. The number of likely N-dealkylation sites (tertiary alicyclic amines) is 1. The number of aliphatic hydroxyl groups is 1. The Labute approximate surface area is 190 Å². The molecule has 1 unspecified atom stereocenters. The average Bonchev–Trinajstić information content (AvgIpc) is 3.18. The number of halogens is 1. The molecular formula is C26H33ClN2O2. The molecule has 1 heterocycles. The van der Waals surface area contributed by atoms with Crippen molar-refractivity contribution in [2.75, 3.05) is 18.4 Å². The van der Waals surface area contributed by atoms with Gasteiger partial charge in [0, 0.05) is 35.3 Å². The lowest BCUT2D eigenvalue weighted by atomic mass is 9.66. The molecule has 1 aliphatic heterocycles. The maximum atomic E-state index is 13.5. The van der Waals surface area contributed by atoms with Crippen LogP contribution in [0.3, 0.4) is 0 Å². The van der Waals surface area contributed by atoms with E-state index in [1.54, 1.807) is 0 Å². The first-order valence-electron chi connectivity index (χ1n) is 11.3. The molecule has 1 aliphatic carbocycles. The van der Waals surface area contributed by atoms with E-state index < -0.39 is 11.0 Å². The number of benzene rings is 2. The van der Waals surface area contributed by atoms with Gasteiger partial charge in [0.1, 0.15) is 0 Å². The summed E-state index contributed by atoms with van der Waals surface area (Å²) in [7, 11) is 0. The van der Waals surface area contributed by atoms with Gasteiger partial charge in [0.15, 0.2) is 0 Å². The van der Waals surface area contributed by atoms with Gasteiger partial charge in [-0.3, -0.25) is 4.79 Å². The van der Waals surface area contributed by atoms with Gasteiger partial charge in [-0.2, -0.15) is 0 Å². The molecule has 31 heavy (non-hydrogen) atoms. The molecule has 1 saturated carbocycles. The highest BCUT2D eigenvalue weighted by Crippen LogP contribution is 2.47. The summed E-state index contributed by atoms with van der Waals surface area (Å²) in [5.74, 6) is 0.201. The molecule has 0 bridgehead atoms. The van der Waals surface area contributed by atoms with E-state index in [1.165, 1.54) is 5.56 Å². The fraction of sp³-hybridized carbons (Fsp3) is 0.500. The van der Waals surface area contributed by atoms with Crippen molar-refractivity contribution >= 4 is 23.2 Å². The summed E-state index contributed by atoms with van der Waals surface area (Å²) >= 11 is 6.04. The lowest BCUT2D eigenvalue weighted by Crippen LogP contribution is -2.58. The Morgan fingerprint density at radius 2 is 1.90 bits per heavy atom. The van der Waals surface area contributed by atoms with Crippen LogP contribution >= 0.6 is 11.6 Å². The number of hydrogen-bond donors (Lipinski definition) is 2. The van der Waals surface area contributed by atoms with Gasteiger partial charge in [0.2, 0.25) is 5.91 Å². The molecular weight excluding hydrogens is 408 g/mol. The summed E-state index contributed by atoms with van der Waals surface area (Å²) < 4.78 is 0. The molecule has 0 spiro atoms. The van der Waals surface area contributed by atoms with Crippen LogP contribution in [0.5, 0.6) is 0 Å². The van der Waals surface area contributed by atoms with E-state index in [-0.39, 0.29) is 17.9 Å². The molecule has 3 atom stereocenters. The van der Waals surface area contributed by atoms with Gasteiger partial charge in [-0.15, -0.1) is 0 Å². The summed E-state index contributed by atoms with van der Waals surface area (Å²) in [5, 5.41) is 15.9. The van der Waals surface area contributed by atoms with Crippen molar-refractivity contribution in [3.63, 3.8) is 0 Å². The number of aryl methyl sites for hydroxylation is 1. The number of hydrogen-bond acceptors (Lipinski definition) is 3. The lowest BCUT2D eigenvalue weighted by molar-refractivity contribution is -0.156. The van der Waals surface area contributed by atoms with Crippen LogP contribution in [-0.2, 0) is 10.4 Å². The third-order valence-corrected chi connectivity index (χ3v) is 7.54. The van der Waals surface area contributed by atoms with E-state index in [0.29, 0.717) is 24.5 Å². The maximum Gasteiger partial charge on any atom is 0.227 e. The van der Waals surface area contributed by atoms with Crippen LogP contribution in [0.1, 0.15) is 50.7 Å². The summed E-state index contributed by atoms with van der Waals surface area (Å²) in [6.07, 6.45) is 3.51. The normalized spacial score (nSPS) is 27.8. The Hall–Kier alpha value is -2.04. The highest BCUT2D eigenvalue weighted by molar-refractivity contribution is 6.30. The van der Waals surface area contributed by atoms with E-state index in [2.05, 4.69) is 44.3 Å². The zero-order valence-electron chi connectivity index (χ0n) is 18.7. The highest BCUT2D eigenvalue weighted by Gasteiger charge is 2.50. The second-order valence-electron chi connectivity index (χ2n) is 9.92. The van der Waals surface area contributed by atoms with Crippen molar-refractivity contribution in [2.45, 2.75) is 58.1 Å². The third-order valence-electron chi connectivity index (χ3n) is 7.29. The molecule has 2 aliphatic rings. The van der Waals surface area contributed by atoms with Crippen molar-refractivity contribution in [3.05, 3.63) is 64.7 Å². The van der Waals surface area contributed by atoms with Crippen molar-refractivity contribution in [3.8, 4) is 0 Å². The molecule has 2 N–H and O–H groups in total. The number of carbonyl (C=O) groups excluding carboxylic acids is 1. The van der Waals surface area contributed by atoms with E-state index >= 15 is 0 Å². The Morgan fingerprint density at radius 1 is 1.16 bits per heavy atom. The summed E-state index contributed by atoms with van der Waals surface area (Å²) in [6, 6.07) is 16.0. The average molecular weight is 441 g/mol. The molecule has 1 amide bonds. The molecule has 2 fully saturated rings. The van der Waals surface area contributed by atoms with Crippen LogP contribution < -0.4 is 5.32 Å². The second-order valence-corrected chi connectivity index (χ2v) is 10.4. The van der Waals surface area contributed by atoms with Gasteiger partial charge in [-0.1, -0.05) is 56.1 Å². The summed E-state index contributed by atoms with van der Waals surface area (Å²) in [4.78, 5) is 15.5. The topological polar surface area (TPSA) is 52.6 Å². The number of carbonyl (C=O) groups is 1. The smallest absolute Gasteiger partial charge is 0.227 e. The Kier molecular flexibility index (Phi) is 6.06. The predicted octanol–water partition coefficient (Wildman–Crippen LogP) is 5.38. The molecule has 166 valence electrons. The molecule has 1 saturated heterocycles. The minimum atomic E-state index is -0.983. The summed E-state index contributed by atoms with van der Waals surface area (Å²) in [5.41, 5.74) is 1.72. The van der Waals surface area contributed by atoms with Crippen LogP contribution in [0.2, 0.25) is 5.02 Å². The molecule has 0 radical (unpaired) electrons. The van der Waals surface area contributed by atoms with E-state index in [1.807, 2.05) is 35.2 Å². The highest BCUT2D eigenvalue weighted by atomic mass is 35.5. The molecule has 2 aromatic carbocycles. The first-order chi connectivity index (χ1) is 14.7. The van der Waals surface area contributed by atoms with E-state index in [0.717, 1.165) is 30.5 Å². The zero-order chi connectivity index (χ0) is 22.2. The van der Waals surface area contributed by atoms with Crippen LogP contribution in [0.15, 0.2) is 48.5 Å². The second kappa shape index (κ2) is 8.48. The fourth-order valence-electron chi connectivity index (χ4n) is 5.38. The van der Waals surface area contributed by atoms with Gasteiger partial charge < -0.3 is 15.3 Å². The zero-order valence-corrected chi connectivity index (χ0v) is 19.5. The van der Waals surface area contributed by atoms with Crippen molar-refractivity contribution in [2.24, 2.45) is 11.3 Å². The van der Waals surface area contributed by atoms with E-state index in [9.17, 15) is 9.90 Å². The SMILES string of the molecule is Cc1cccc(N[C@@H]2CCC[C@@H]2C(=O)N2CCC(O)(c3ccc(Cl)cc3)C(C)(C)C2)c1. The Balaban J connectivity index is 1.47. The molecule has 0 aromatic heterocycles. The Bertz CT molecular complexity index is 943. The number of nitrogens with one attached hydrogen (secondary N) is 1. The van der Waals surface area contributed by atoms with Crippen molar-refractivity contribution < 1.29 is 9.90 Å².